The number of ether oxygens (including phenoxy) is 4. The highest BCUT2D eigenvalue weighted by Crippen LogP contribution is 2.45. The summed E-state index contributed by atoms with van der Waals surface area (Å²) in [4.78, 5) is 73.4. The fraction of sp³-hybridized carbons (Fsp3) is 0.956. The Morgan fingerprint density at radius 1 is 0.264 bits per heavy atom. The Kier molecular flexibility index (Phi) is 80.7. The summed E-state index contributed by atoms with van der Waals surface area (Å²) in [5.41, 5.74) is 0. The van der Waals surface area contributed by atoms with Crippen molar-refractivity contribution in [3.05, 3.63) is 0 Å². The molecule has 0 saturated heterocycles. The molecule has 3 N–H and O–H groups in total. The molecule has 0 fully saturated rings. The predicted molar refractivity (Wildman–Crippen MR) is 455 cm³/mol. The van der Waals surface area contributed by atoms with Crippen molar-refractivity contribution in [3.63, 3.8) is 0 Å². The largest absolute Gasteiger partial charge is 0.472 e. The first-order chi connectivity index (χ1) is 53.4. The molecule has 0 amide bonds. The normalized spacial score (nSPS) is 14.0. The molecule has 654 valence electrons. The lowest BCUT2D eigenvalue weighted by atomic mass is 9.99. The molecule has 0 aromatic carbocycles. The van der Waals surface area contributed by atoms with E-state index in [1.165, 1.54) is 308 Å². The van der Waals surface area contributed by atoms with Crippen molar-refractivity contribution >= 4 is 39.5 Å². The van der Waals surface area contributed by atoms with E-state index in [0.717, 1.165) is 102 Å². The number of carbonyl (C=O) groups is 4. The summed E-state index contributed by atoms with van der Waals surface area (Å²) >= 11 is 0. The van der Waals surface area contributed by atoms with Crippen LogP contribution in [0.3, 0.4) is 0 Å². The summed E-state index contributed by atoms with van der Waals surface area (Å²) in [5.74, 6) is -0.422. The number of carbonyl (C=O) groups excluding carboxylic acids is 4. The fourth-order valence-corrected chi connectivity index (χ4v) is 15.9. The summed E-state index contributed by atoms with van der Waals surface area (Å²) < 4.78 is 69.0. The van der Waals surface area contributed by atoms with Crippen LogP contribution < -0.4 is 0 Å². The minimum Gasteiger partial charge on any atom is -0.462 e. The van der Waals surface area contributed by atoms with Crippen molar-refractivity contribution in [2.75, 3.05) is 39.6 Å². The van der Waals surface area contributed by atoms with Crippen LogP contribution >= 0.6 is 15.6 Å². The topological polar surface area (TPSA) is 237 Å². The van der Waals surface area contributed by atoms with Crippen molar-refractivity contribution in [1.29, 1.82) is 0 Å². The molecule has 19 heteroatoms. The lowest BCUT2D eigenvalue weighted by Crippen LogP contribution is -2.30. The molecule has 17 nitrogen and oxygen atoms in total. The van der Waals surface area contributed by atoms with Gasteiger partial charge in [0.2, 0.25) is 0 Å². The molecule has 0 aliphatic heterocycles. The number of hydrogen-bond acceptors (Lipinski definition) is 15. The Labute approximate surface area is 677 Å². The van der Waals surface area contributed by atoms with Crippen molar-refractivity contribution in [1.82, 2.24) is 0 Å². The second-order valence-electron chi connectivity index (χ2n) is 33.4. The van der Waals surface area contributed by atoms with E-state index < -0.39 is 97.5 Å². The number of hydrogen-bond donors (Lipinski definition) is 3. The Bertz CT molecular complexity index is 2100. The number of phosphoric ester groups is 2. The number of esters is 4. The van der Waals surface area contributed by atoms with E-state index in [1.54, 1.807) is 0 Å². The van der Waals surface area contributed by atoms with E-state index in [9.17, 15) is 43.2 Å². The molecular weight excluding hydrogens is 1430 g/mol. The summed E-state index contributed by atoms with van der Waals surface area (Å²) in [7, 11) is -9.93. The van der Waals surface area contributed by atoms with Gasteiger partial charge in [-0.2, -0.15) is 0 Å². The first-order valence-corrected chi connectivity index (χ1v) is 50.0. The standard InChI is InChI=1S/C91H178O17P2/c1-7-10-12-14-16-18-20-21-22-23-24-25-29-34-39-44-50-56-62-68-74-89(94)102-80-87(108-91(96)75-69-63-57-51-45-40-35-30-27-26-28-33-38-43-48-54-60-66-72-84(6)9-3)82-106-110(99,100)104-78-85(92)77-103-109(97,98)105-81-86(79-101-88(93)73-67-61-55-49-19-17-15-13-11-8-2)107-90(95)76-70-64-58-52-46-41-36-31-32-37-42-47-53-59-65-71-83(4)5/h83-87,92H,7-82H2,1-6H3,(H,97,98)(H,99,100)/t84?,85-,86+,87+/m0/s1. The number of rotatable bonds is 90. The van der Waals surface area contributed by atoms with E-state index in [1.807, 2.05) is 0 Å². The molecule has 0 radical (unpaired) electrons. The molecule has 0 spiro atoms. The van der Waals surface area contributed by atoms with Gasteiger partial charge in [0.1, 0.15) is 19.3 Å². The maximum atomic E-state index is 13.2. The molecule has 0 saturated carbocycles. The van der Waals surface area contributed by atoms with E-state index in [2.05, 4.69) is 41.5 Å². The molecule has 0 aliphatic carbocycles. The summed E-state index contributed by atoms with van der Waals surface area (Å²) in [6, 6.07) is 0. The first-order valence-electron chi connectivity index (χ1n) is 47.0. The maximum Gasteiger partial charge on any atom is 0.472 e. The van der Waals surface area contributed by atoms with Crippen LogP contribution in [0.4, 0.5) is 0 Å². The molecule has 6 atom stereocenters. The Morgan fingerprint density at radius 3 is 0.691 bits per heavy atom. The highest BCUT2D eigenvalue weighted by Gasteiger charge is 2.31. The van der Waals surface area contributed by atoms with Gasteiger partial charge in [-0.05, 0) is 37.5 Å². The average molecular weight is 1610 g/mol. The minimum atomic E-state index is -4.97. The molecule has 0 aromatic heterocycles. The monoisotopic (exact) mass is 1610 g/mol. The Balaban J connectivity index is 5.22. The van der Waals surface area contributed by atoms with Crippen LogP contribution in [0.15, 0.2) is 0 Å². The van der Waals surface area contributed by atoms with E-state index >= 15 is 0 Å². The van der Waals surface area contributed by atoms with Crippen LogP contribution in [0.25, 0.3) is 0 Å². The predicted octanol–water partition coefficient (Wildman–Crippen LogP) is 28.2. The fourth-order valence-electron chi connectivity index (χ4n) is 14.3. The number of aliphatic hydroxyl groups is 1. The SMILES string of the molecule is CCCCCCCCCCCCCCCCCCCCCCC(=O)OC[C@H](COP(=O)(O)OC[C@@H](O)COP(=O)(O)OC[C@@H](COC(=O)CCCCCCCCCCCC)OC(=O)CCCCCCCCCCCCCCCCCC(C)C)OC(=O)CCCCCCCCCCCCCCCCCCCCC(C)CC. The van der Waals surface area contributed by atoms with Crippen LogP contribution in [-0.2, 0) is 65.4 Å². The molecule has 0 bridgehead atoms. The maximum absolute atomic E-state index is 13.2. The van der Waals surface area contributed by atoms with Crippen LogP contribution in [-0.4, -0.2) is 96.7 Å². The van der Waals surface area contributed by atoms with Gasteiger partial charge in [-0.25, -0.2) is 9.13 Å². The summed E-state index contributed by atoms with van der Waals surface area (Å²) in [5, 5.41) is 10.7. The number of unbranched alkanes of at least 4 members (excludes halogenated alkanes) is 59. The van der Waals surface area contributed by atoms with E-state index in [4.69, 9.17) is 37.0 Å². The van der Waals surface area contributed by atoms with Crippen LogP contribution in [0.2, 0.25) is 0 Å². The zero-order valence-corrected chi connectivity index (χ0v) is 74.4. The van der Waals surface area contributed by atoms with Gasteiger partial charge in [0, 0.05) is 25.7 Å². The van der Waals surface area contributed by atoms with Crippen molar-refractivity contribution in [2.24, 2.45) is 11.8 Å². The third-order valence-corrected chi connectivity index (χ3v) is 23.7. The van der Waals surface area contributed by atoms with Gasteiger partial charge in [0.25, 0.3) is 0 Å². The molecule has 0 rings (SSSR count). The molecule has 0 heterocycles. The van der Waals surface area contributed by atoms with Crippen molar-refractivity contribution in [2.45, 2.75) is 509 Å². The number of phosphoric acid groups is 2. The second kappa shape index (κ2) is 82.2. The minimum absolute atomic E-state index is 0.108. The van der Waals surface area contributed by atoms with Gasteiger partial charge in [0.05, 0.1) is 26.4 Å². The highest BCUT2D eigenvalue weighted by molar-refractivity contribution is 7.47. The first kappa shape index (κ1) is 108. The van der Waals surface area contributed by atoms with Gasteiger partial charge in [-0.15, -0.1) is 0 Å². The third-order valence-electron chi connectivity index (χ3n) is 21.8. The average Bonchev–Trinajstić information content (AvgIpc) is 0.896. The van der Waals surface area contributed by atoms with Gasteiger partial charge in [0.15, 0.2) is 12.2 Å². The van der Waals surface area contributed by atoms with Gasteiger partial charge >= 0.3 is 39.5 Å². The third kappa shape index (κ3) is 82.6. The van der Waals surface area contributed by atoms with E-state index in [-0.39, 0.29) is 25.7 Å². The second-order valence-corrected chi connectivity index (χ2v) is 36.3. The van der Waals surface area contributed by atoms with Crippen LogP contribution in [0, 0.1) is 11.8 Å². The van der Waals surface area contributed by atoms with Gasteiger partial charge in [-0.1, -0.05) is 440 Å². The Hall–Kier alpha value is -1.94. The molecule has 3 unspecified atom stereocenters. The Morgan fingerprint density at radius 2 is 0.464 bits per heavy atom. The quantitative estimate of drug-likeness (QED) is 0.0222. The molecule has 0 aromatic rings. The molecule has 110 heavy (non-hydrogen) atoms. The van der Waals surface area contributed by atoms with Gasteiger partial charge in [-0.3, -0.25) is 37.3 Å². The van der Waals surface area contributed by atoms with Crippen molar-refractivity contribution in [3.8, 4) is 0 Å². The van der Waals surface area contributed by atoms with Crippen LogP contribution in [0.1, 0.15) is 491 Å². The zero-order valence-electron chi connectivity index (χ0n) is 72.6. The summed E-state index contributed by atoms with van der Waals surface area (Å²) in [6.07, 6.45) is 76.4. The molecule has 0 aliphatic rings. The number of aliphatic hydroxyl groups excluding tert-OH is 1. The zero-order chi connectivity index (χ0) is 80.6. The summed E-state index contributed by atoms with van der Waals surface area (Å²) in [6.45, 7) is 9.79. The van der Waals surface area contributed by atoms with Crippen molar-refractivity contribution < 1.29 is 80.2 Å². The van der Waals surface area contributed by atoms with Gasteiger partial charge < -0.3 is 33.8 Å². The lowest BCUT2D eigenvalue weighted by Gasteiger charge is -2.21. The molecular formula is C91H178O17P2. The highest BCUT2D eigenvalue weighted by atomic mass is 31.2. The van der Waals surface area contributed by atoms with E-state index in [0.29, 0.717) is 25.7 Å². The lowest BCUT2D eigenvalue weighted by molar-refractivity contribution is -0.161. The van der Waals surface area contributed by atoms with Crippen LogP contribution in [0.5, 0.6) is 0 Å². The smallest absolute Gasteiger partial charge is 0.462 e.